The first-order chi connectivity index (χ1) is 14.8. The predicted molar refractivity (Wildman–Crippen MR) is 121 cm³/mol. The summed E-state index contributed by atoms with van der Waals surface area (Å²) in [5.74, 6) is 0.706. The largest absolute Gasteiger partial charge is 0.370 e. The molecule has 2 aromatic rings. The Kier molecular flexibility index (Phi) is 7.69. The molecule has 0 spiro atoms. The quantitative estimate of drug-likeness (QED) is 0.491. The van der Waals surface area contributed by atoms with Gasteiger partial charge in [-0.05, 0) is 25.0 Å². The number of sulfonamides is 1. The molecule has 0 bridgehead atoms. The van der Waals surface area contributed by atoms with E-state index in [1.165, 1.54) is 0 Å². The fraction of sp³-hybridized carbons (Fsp3) is 0.524. The van der Waals surface area contributed by atoms with Crippen molar-refractivity contribution in [2.24, 2.45) is 12.0 Å². The van der Waals surface area contributed by atoms with Crippen LogP contribution in [0.25, 0.3) is 0 Å². The van der Waals surface area contributed by atoms with Gasteiger partial charge in [-0.1, -0.05) is 24.3 Å². The standard InChI is InChI=1S/C21H32N6O3S/c1-16(2)25-31(28,29)15-18-8-6-5-7-17(18)11-23-21(22-3)27-9-10-30-20(14-27)19-12-24-26(4)13-19/h5-8,12-13,16,20,25H,9-11,14-15H2,1-4H3,(H,22,23). The maximum atomic E-state index is 12.4. The third-order valence-electron chi connectivity index (χ3n) is 4.99. The molecule has 1 aromatic heterocycles. The molecule has 0 amide bonds. The number of hydrogen-bond acceptors (Lipinski definition) is 5. The highest BCUT2D eigenvalue weighted by molar-refractivity contribution is 7.88. The maximum absolute atomic E-state index is 12.4. The van der Waals surface area contributed by atoms with Crippen LogP contribution in [0.5, 0.6) is 0 Å². The summed E-state index contributed by atoms with van der Waals surface area (Å²) in [7, 11) is 0.238. The zero-order chi connectivity index (χ0) is 22.4. The third-order valence-corrected chi connectivity index (χ3v) is 6.51. The molecule has 0 radical (unpaired) electrons. The molecule has 3 rings (SSSR count). The second-order valence-electron chi connectivity index (χ2n) is 7.95. The molecule has 1 saturated heterocycles. The molecule has 1 aromatic carbocycles. The fourth-order valence-electron chi connectivity index (χ4n) is 3.63. The Bertz CT molecular complexity index is 1000. The number of nitrogens with zero attached hydrogens (tertiary/aromatic N) is 4. The van der Waals surface area contributed by atoms with Crippen LogP contribution in [0.4, 0.5) is 0 Å². The molecule has 2 N–H and O–H groups in total. The molecular formula is C21H32N6O3S. The van der Waals surface area contributed by atoms with Crippen LogP contribution in [0.3, 0.4) is 0 Å². The monoisotopic (exact) mass is 448 g/mol. The number of guanidine groups is 1. The predicted octanol–water partition coefficient (Wildman–Crippen LogP) is 1.40. The van der Waals surface area contributed by atoms with Crippen LogP contribution < -0.4 is 10.0 Å². The molecule has 1 atom stereocenters. The minimum absolute atomic E-state index is 0.0533. The lowest BCUT2D eigenvalue weighted by Gasteiger charge is -2.34. The number of ether oxygens (including phenoxy) is 1. The number of benzene rings is 1. The number of nitrogens with one attached hydrogen (secondary N) is 2. The highest BCUT2D eigenvalue weighted by Crippen LogP contribution is 2.21. The van der Waals surface area contributed by atoms with Crippen LogP contribution >= 0.6 is 0 Å². The Balaban J connectivity index is 1.66. The molecule has 1 aliphatic heterocycles. The number of rotatable bonds is 7. The van der Waals surface area contributed by atoms with Gasteiger partial charge in [0.05, 0.1) is 25.1 Å². The van der Waals surface area contributed by atoms with E-state index in [0.29, 0.717) is 19.7 Å². The number of aromatic nitrogens is 2. The topological polar surface area (TPSA) is 101 Å². The number of aliphatic imine (C=N–C) groups is 1. The van der Waals surface area contributed by atoms with E-state index < -0.39 is 10.0 Å². The van der Waals surface area contributed by atoms with E-state index in [1.807, 2.05) is 57.6 Å². The Morgan fingerprint density at radius 3 is 2.71 bits per heavy atom. The molecule has 170 valence electrons. The van der Waals surface area contributed by atoms with Gasteiger partial charge in [-0.15, -0.1) is 0 Å². The van der Waals surface area contributed by atoms with Gasteiger partial charge in [-0.2, -0.15) is 5.10 Å². The number of aryl methyl sites for hydroxylation is 1. The molecule has 1 unspecified atom stereocenters. The van der Waals surface area contributed by atoms with Gasteiger partial charge in [0.15, 0.2) is 5.96 Å². The highest BCUT2D eigenvalue weighted by Gasteiger charge is 2.25. The van der Waals surface area contributed by atoms with Crippen molar-refractivity contribution in [1.82, 2.24) is 24.7 Å². The second-order valence-corrected chi connectivity index (χ2v) is 9.71. The molecular weight excluding hydrogens is 416 g/mol. The first-order valence-electron chi connectivity index (χ1n) is 10.4. The van der Waals surface area contributed by atoms with Gasteiger partial charge >= 0.3 is 0 Å². The van der Waals surface area contributed by atoms with Crippen molar-refractivity contribution in [2.75, 3.05) is 26.7 Å². The van der Waals surface area contributed by atoms with E-state index in [4.69, 9.17) is 4.74 Å². The van der Waals surface area contributed by atoms with Crippen molar-refractivity contribution >= 4 is 16.0 Å². The van der Waals surface area contributed by atoms with E-state index in [0.717, 1.165) is 29.2 Å². The van der Waals surface area contributed by atoms with Crippen LogP contribution in [0.15, 0.2) is 41.7 Å². The van der Waals surface area contributed by atoms with Crippen LogP contribution in [0.2, 0.25) is 0 Å². The van der Waals surface area contributed by atoms with E-state index in [-0.39, 0.29) is 17.9 Å². The first kappa shape index (κ1) is 23.2. The van der Waals surface area contributed by atoms with Gasteiger partial charge in [0.2, 0.25) is 10.0 Å². The summed E-state index contributed by atoms with van der Waals surface area (Å²) in [5.41, 5.74) is 2.74. The van der Waals surface area contributed by atoms with E-state index in [1.54, 1.807) is 11.7 Å². The molecule has 1 fully saturated rings. The summed E-state index contributed by atoms with van der Waals surface area (Å²) in [4.78, 5) is 6.58. The SMILES string of the molecule is CN=C(NCc1ccccc1CS(=O)(=O)NC(C)C)N1CCOC(c2cnn(C)c2)C1. The summed E-state index contributed by atoms with van der Waals surface area (Å²) in [6.07, 6.45) is 3.72. The summed E-state index contributed by atoms with van der Waals surface area (Å²) >= 11 is 0. The molecule has 0 saturated carbocycles. The Labute approximate surface area is 184 Å². The van der Waals surface area contributed by atoms with Gasteiger partial charge < -0.3 is 15.0 Å². The summed E-state index contributed by atoms with van der Waals surface area (Å²) in [6, 6.07) is 7.44. The van der Waals surface area contributed by atoms with E-state index in [9.17, 15) is 8.42 Å². The molecule has 31 heavy (non-hydrogen) atoms. The smallest absolute Gasteiger partial charge is 0.216 e. The summed E-state index contributed by atoms with van der Waals surface area (Å²) < 4.78 is 35.1. The summed E-state index contributed by atoms with van der Waals surface area (Å²) in [5, 5.41) is 7.62. The van der Waals surface area contributed by atoms with E-state index in [2.05, 4.69) is 25.0 Å². The van der Waals surface area contributed by atoms with Crippen molar-refractivity contribution in [1.29, 1.82) is 0 Å². The van der Waals surface area contributed by atoms with Gasteiger partial charge in [0.1, 0.15) is 6.10 Å². The Morgan fingerprint density at radius 2 is 2.06 bits per heavy atom. The zero-order valence-corrected chi connectivity index (χ0v) is 19.4. The first-order valence-corrected chi connectivity index (χ1v) is 12.0. The molecule has 1 aliphatic rings. The van der Waals surface area contributed by atoms with Crippen molar-refractivity contribution in [3.63, 3.8) is 0 Å². The lowest BCUT2D eigenvalue weighted by molar-refractivity contribution is -0.00805. The maximum Gasteiger partial charge on any atom is 0.216 e. The van der Waals surface area contributed by atoms with Gasteiger partial charge in [-0.3, -0.25) is 9.67 Å². The summed E-state index contributed by atoms with van der Waals surface area (Å²) in [6.45, 7) is 6.10. The Hall–Kier alpha value is -2.43. The second kappa shape index (κ2) is 10.3. The molecule has 2 heterocycles. The van der Waals surface area contributed by atoms with Crippen LogP contribution in [0.1, 0.15) is 36.6 Å². The van der Waals surface area contributed by atoms with Crippen molar-refractivity contribution in [3.05, 3.63) is 53.3 Å². The minimum Gasteiger partial charge on any atom is -0.370 e. The fourth-order valence-corrected chi connectivity index (χ4v) is 5.13. The number of morpholine rings is 1. The van der Waals surface area contributed by atoms with Gasteiger partial charge in [0, 0.05) is 45.0 Å². The van der Waals surface area contributed by atoms with Crippen LogP contribution in [0, 0.1) is 0 Å². The average molecular weight is 449 g/mol. The van der Waals surface area contributed by atoms with Crippen molar-refractivity contribution in [2.45, 2.75) is 38.3 Å². The average Bonchev–Trinajstić information content (AvgIpc) is 3.15. The van der Waals surface area contributed by atoms with Crippen LogP contribution in [-0.2, 0) is 34.1 Å². The van der Waals surface area contributed by atoms with Gasteiger partial charge in [0.25, 0.3) is 0 Å². The zero-order valence-electron chi connectivity index (χ0n) is 18.6. The third kappa shape index (κ3) is 6.52. The van der Waals surface area contributed by atoms with E-state index >= 15 is 0 Å². The number of hydrogen-bond donors (Lipinski definition) is 2. The van der Waals surface area contributed by atoms with Crippen molar-refractivity contribution < 1.29 is 13.2 Å². The molecule has 0 aliphatic carbocycles. The molecule has 9 nitrogen and oxygen atoms in total. The molecule has 10 heteroatoms. The lowest BCUT2D eigenvalue weighted by Crippen LogP contribution is -2.48. The highest BCUT2D eigenvalue weighted by atomic mass is 32.2. The normalized spacial score (nSPS) is 17.9. The minimum atomic E-state index is -3.40. The lowest BCUT2D eigenvalue weighted by atomic mass is 10.1. The Morgan fingerprint density at radius 1 is 1.32 bits per heavy atom. The van der Waals surface area contributed by atoms with Crippen molar-refractivity contribution in [3.8, 4) is 0 Å². The van der Waals surface area contributed by atoms with Gasteiger partial charge in [-0.25, -0.2) is 13.1 Å². The van der Waals surface area contributed by atoms with Crippen LogP contribution in [-0.4, -0.2) is 61.8 Å².